The Kier molecular flexibility index (Phi) is 5.65. The Hall–Kier alpha value is -2.70. The lowest BCUT2D eigenvalue weighted by Gasteiger charge is -2.01. The van der Waals surface area contributed by atoms with Gasteiger partial charge in [-0.1, -0.05) is 41.9 Å². The molecular formula is C19H15ClN2O3S. The average Bonchev–Trinajstić information content (AvgIpc) is 3.05. The summed E-state index contributed by atoms with van der Waals surface area (Å²) in [5.41, 5.74) is 2.00. The lowest BCUT2D eigenvalue weighted by molar-refractivity contribution is -0.139. The summed E-state index contributed by atoms with van der Waals surface area (Å²) in [6.45, 7) is 0. The second-order valence-corrected chi connectivity index (χ2v) is 6.89. The van der Waals surface area contributed by atoms with E-state index < -0.39 is 0 Å². The predicted molar refractivity (Wildman–Crippen MR) is 103 cm³/mol. The van der Waals surface area contributed by atoms with Crippen LogP contribution in [0.5, 0.6) is 0 Å². The van der Waals surface area contributed by atoms with Gasteiger partial charge in [0.25, 0.3) is 5.91 Å². The molecule has 3 aromatic rings. The number of thiazole rings is 1. The Morgan fingerprint density at radius 2 is 1.81 bits per heavy atom. The summed E-state index contributed by atoms with van der Waals surface area (Å²) in [5.74, 6) is -0.652. The fraction of sp³-hybridized carbons (Fsp3) is 0.105. The van der Waals surface area contributed by atoms with Crippen molar-refractivity contribution < 1.29 is 14.3 Å². The van der Waals surface area contributed by atoms with E-state index in [1.807, 2.05) is 30.3 Å². The van der Waals surface area contributed by atoms with Gasteiger partial charge in [0.15, 0.2) is 5.13 Å². The molecule has 1 heterocycles. The summed E-state index contributed by atoms with van der Waals surface area (Å²) in [5, 5.41) is 3.75. The van der Waals surface area contributed by atoms with Gasteiger partial charge >= 0.3 is 5.97 Å². The van der Waals surface area contributed by atoms with Gasteiger partial charge in [0, 0.05) is 21.0 Å². The second-order valence-electron chi connectivity index (χ2n) is 5.37. The summed E-state index contributed by atoms with van der Waals surface area (Å²) >= 11 is 7.10. The number of esters is 1. The molecular weight excluding hydrogens is 372 g/mol. The number of hydrogen-bond acceptors (Lipinski definition) is 5. The Labute approximate surface area is 159 Å². The summed E-state index contributed by atoms with van der Waals surface area (Å²) in [4.78, 5) is 29.3. The van der Waals surface area contributed by atoms with Crippen LogP contribution < -0.4 is 5.32 Å². The fourth-order valence-corrected chi connectivity index (χ4v) is 3.41. The van der Waals surface area contributed by atoms with Crippen molar-refractivity contribution in [2.24, 2.45) is 0 Å². The van der Waals surface area contributed by atoms with Crippen LogP contribution in [0.2, 0.25) is 5.02 Å². The molecule has 0 saturated heterocycles. The zero-order chi connectivity index (χ0) is 18.5. The van der Waals surface area contributed by atoms with Crippen molar-refractivity contribution in [1.82, 2.24) is 4.98 Å². The molecule has 1 aromatic heterocycles. The zero-order valence-corrected chi connectivity index (χ0v) is 15.4. The third kappa shape index (κ3) is 4.28. The van der Waals surface area contributed by atoms with Crippen molar-refractivity contribution in [2.75, 3.05) is 12.4 Å². The topological polar surface area (TPSA) is 68.3 Å². The molecule has 26 heavy (non-hydrogen) atoms. The largest absolute Gasteiger partial charge is 0.469 e. The van der Waals surface area contributed by atoms with Crippen LogP contribution in [0, 0.1) is 0 Å². The van der Waals surface area contributed by atoms with Gasteiger partial charge in [-0.2, -0.15) is 0 Å². The average molecular weight is 387 g/mol. The van der Waals surface area contributed by atoms with Gasteiger partial charge in [0.2, 0.25) is 0 Å². The maximum Gasteiger partial charge on any atom is 0.310 e. The Morgan fingerprint density at radius 1 is 1.12 bits per heavy atom. The van der Waals surface area contributed by atoms with E-state index in [0.717, 1.165) is 10.4 Å². The van der Waals surface area contributed by atoms with E-state index in [0.29, 0.717) is 21.4 Å². The van der Waals surface area contributed by atoms with Crippen LogP contribution in [0.25, 0.3) is 11.3 Å². The summed E-state index contributed by atoms with van der Waals surface area (Å²) in [6, 6.07) is 16.1. The minimum atomic E-state index is -0.360. The number of benzene rings is 2. The summed E-state index contributed by atoms with van der Waals surface area (Å²) in [6.07, 6.45) is 0.0925. The maximum atomic E-state index is 12.4. The monoisotopic (exact) mass is 386 g/mol. The van der Waals surface area contributed by atoms with E-state index in [9.17, 15) is 9.59 Å². The van der Waals surface area contributed by atoms with Gasteiger partial charge in [-0.15, -0.1) is 11.3 Å². The van der Waals surface area contributed by atoms with Gasteiger partial charge < -0.3 is 4.74 Å². The first-order valence-corrected chi connectivity index (χ1v) is 8.95. The van der Waals surface area contributed by atoms with Crippen molar-refractivity contribution in [2.45, 2.75) is 6.42 Å². The molecule has 0 radical (unpaired) electrons. The molecule has 0 aliphatic heterocycles. The van der Waals surface area contributed by atoms with Crippen LogP contribution in [-0.4, -0.2) is 24.0 Å². The fourth-order valence-electron chi connectivity index (χ4n) is 2.32. The summed E-state index contributed by atoms with van der Waals surface area (Å²) < 4.78 is 4.76. The van der Waals surface area contributed by atoms with Crippen LogP contribution in [0.1, 0.15) is 15.2 Å². The smallest absolute Gasteiger partial charge is 0.310 e. The van der Waals surface area contributed by atoms with E-state index in [1.54, 1.807) is 24.3 Å². The van der Waals surface area contributed by atoms with Crippen molar-refractivity contribution in [3.8, 4) is 11.3 Å². The molecule has 0 aliphatic rings. The molecule has 0 aliphatic carbocycles. The van der Waals surface area contributed by atoms with E-state index >= 15 is 0 Å². The van der Waals surface area contributed by atoms with E-state index in [4.69, 9.17) is 16.3 Å². The van der Waals surface area contributed by atoms with Crippen LogP contribution in [0.4, 0.5) is 5.13 Å². The van der Waals surface area contributed by atoms with Crippen LogP contribution in [0.3, 0.4) is 0 Å². The van der Waals surface area contributed by atoms with Crippen LogP contribution >= 0.6 is 22.9 Å². The highest BCUT2D eigenvalue weighted by Crippen LogP contribution is 2.32. The van der Waals surface area contributed by atoms with E-state index in [1.165, 1.54) is 18.4 Å². The Bertz CT molecular complexity index is 924. The van der Waals surface area contributed by atoms with Gasteiger partial charge in [0.1, 0.15) is 0 Å². The summed E-state index contributed by atoms with van der Waals surface area (Å²) in [7, 11) is 1.34. The molecule has 0 spiro atoms. The first-order chi connectivity index (χ1) is 12.6. The van der Waals surface area contributed by atoms with Crippen LogP contribution in [0.15, 0.2) is 54.6 Å². The number of nitrogens with zero attached hydrogens (tertiary/aromatic N) is 1. The minimum absolute atomic E-state index is 0.0925. The second kappa shape index (κ2) is 8.12. The van der Waals surface area contributed by atoms with Gasteiger partial charge in [-0.3, -0.25) is 14.9 Å². The van der Waals surface area contributed by atoms with Gasteiger partial charge in [0.05, 0.1) is 19.2 Å². The number of methoxy groups -OCH3 is 1. The van der Waals surface area contributed by atoms with Crippen molar-refractivity contribution in [3.63, 3.8) is 0 Å². The van der Waals surface area contributed by atoms with Crippen molar-refractivity contribution in [3.05, 3.63) is 70.1 Å². The maximum absolute atomic E-state index is 12.4. The molecule has 2 aromatic carbocycles. The molecule has 7 heteroatoms. The Balaban J connectivity index is 1.89. The first-order valence-electron chi connectivity index (χ1n) is 7.75. The standard InChI is InChI=1S/C19H15ClN2O3S/c1-25-16(23)11-15-17(12-5-3-2-4-6-12)21-19(26-15)22-18(24)13-7-9-14(20)10-8-13/h2-10H,11H2,1H3,(H,21,22,24). The normalized spacial score (nSPS) is 10.4. The van der Waals surface area contributed by atoms with Gasteiger partial charge in [-0.25, -0.2) is 4.98 Å². The number of nitrogens with one attached hydrogen (secondary N) is 1. The number of hydrogen-bond donors (Lipinski definition) is 1. The Morgan fingerprint density at radius 3 is 2.46 bits per heavy atom. The molecule has 0 saturated carbocycles. The third-order valence-electron chi connectivity index (χ3n) is 3.60. The van der Waals surface area contributed by atoms with Crippen LogP contribution in [-0.2, 0) is 16.0 Å². The highest BCUT2D eigenvalue weighted by Gasteiger charge is 2.18. The SMILES string of the molecule is COC(=O)Cc1sc(NC(=O)c2ccc(Cl)cc2)nc1-c1ccccc1. The number of rotatable bonds is 5. The van der Waals surface area contributed by atoms with Crippen molar-refractivity contribution in [1.29, 1.82) is 0 Å². The molecule has 0 bridgehead atoms. The lowest BCUT2D eigenvalue weighted by Crippen LogP contribution is -2.11. The highest BCUT2D eigenvalue weighted by atomic mass is 35.5. The molecule has 3 rings (SSSR count). The van der Waals surface area contributed by atoms with Crippen molar-refractivity contribution >= 4 is 39.9 Å². The number of aromatic nitrogens is 1. The quantitative estimate of drug-likeness (QED) is 0.658. The van der Waals surface area contributed by atoms with Gasteiger partial charge in [-0.05, 0) is 24.3 Å². The number of carbonyl (C=O) groups excluding carboxylic acids is 2. The predicted octanol–water partition coefficient (Wildman–Crippen LogP) is 4.43. The number of anilines is 1. The number of carbonyl (C=O) groups is 2. The number of amides is 1. The third-order valence-corrected chi connectivity index (χ3v) is 4.83. The molecule has 1 amide bonds. The molecule has 5 nitrogen and oxygen atoms in total. The molecule has 132 valence electrons. The first kappa shape index (κ1) is 18.1. The minimum Gasteiger partial charge on any atom is -0.469 e. The molecule has 0 unspecified atom stereocenters. The highest BCUT2D eigenvalue weighted by molar-refractivity contribution is 7.16. The zero-order valence-electron chi connectivity index (χ0n) is 13.9. The molecule has 1 N–H and O–H groups in total. The number of ether oxygens (including phenoxy) is 1. The van der Waals surface area contributed by atoms with E-state index in [2.05, 4.69) is 10.3 Å². The molecule has 0 atom stereocenters. The van der Waals surface area contributed by atoms with E-state index in [-0.39, 0.29) is 18.3 Å². The number of halogens is 1. The molecule has 0 fully saturated rings. The lowest BCUT2D eigenvalue weighted by atomic mass is 10.1.